The van der Waals surface area contributed by atoms with E-state index in [0.29, 0.717) is 25.6 Å². The summed E-state index contributed by atoms with van der Waals surface area (Å²) in [6, 6.07) is 11.7. The van der Waals surface area contributed by atoms with E-state index in [9.17, 15) is 0 Å². The summed E-state index contributed by atoms with van der Waals surface area (Å²) in [5, 5.41) is 13.3. The van der Waals surface area contributed by atoms with E-state index in [1.165, 1.54) is 4.68 Å². The van der Waals surface area contributed by atoms with Crippen molar-refractivity contribution < 1.29 is 9.47 Å². The number of nitrogens with two attached hydrogens (primary N) is 1. The first-order valence-corrected chi connectivity index (χ1v) is 6.18. The number of nitrogens with zero attached hydrogens (tertiary/aromatic N) is 3. The first-order valence-electron chi connectivity index (χ1n) is 6.18. The molecule has 1 heterocycles. The van der Waals surface area contributed by atoms with Crippen LogP contribution in [0.4, 0.5) is 5.82 Å². The van der Waals surface area contributed by atoms with Crippen LogP contribution in [0.15, 0.2) is 30.3 Å². The van der Waals surface area contributed by atoms with Crippen molar-refractivity contribution in [2.75, 3.05) is 19.5 Å². The summed E-state index contributed by atoms with van der Waals surface area (Å²) in [7, 11) is 1.59. The van der Waals surface area contributed by atoms with Crippen LogP contribution in [0.2, 0.25) is 0 Å². The molecule has 0 radical (unpaired) electrons. The molecule has 0 amide bonds. The Bertz CT molecular complexity index is 602. The highest BCUT2D eigenvalue weighted by Crippen LogP contribution is 2.23. The molecule has 0 bridgehead atoms. The zero-order valence-electron chi connectivity index (χ0n) is 11.2. The van der Waals surface area contributed by atoms with Crippen molar-refractivity contribution in [1.29, 1.82) is 5.26 Å². The van der Waals surface area contributed by atoms with E-state index in [1.807, 2.05) is 36.4 Å². The number of benzene rings is 1. The van der Waals surface area contributed by atoms with E-state index < -0.39 is 0 Å². The smallest absolute Gasteiger partial charge is 0.253 e. The van der Waals surface area contributed by atoms with Gasteiger partial charge in [0.1, 0.15) is 18.5 Å². The molecule has 0 aliphatic rings. The second kappa shape index (κ2) is 6.59. The molecule has 1 aromatic heterocycles. The molecule has 2 aromatic rings. The highest BCUT2D eigenvalue weighted by Gasteiger charge is 2.16. The van der Waals surface area contributed by atoms with Gasteiger partial charge in [-0.15, -0.1) is 5.10 Å². The average Bonchev–Trinajstić information content (AvgIpc) is 2.79. The molecule has 6 heteroatoms. The van der Waals surface area contributed by atoms with Crippen LogP contribution in [-0.2, 0) is 17.9 Å². The van der Waals surface area contributed by atoms with Gasteiger partial charge in [0.2, 0.25) is 0 Å². The topological polar surface area (TPSA) is 86.1 Å². The van der Waals surface area contributed by atoms with Crippen LogP contribution in [0.1, 0.15) is 11.1 Å². The zero-order chi connectivity index (χ0) is 14.4. The first-order chi connectivity index (χ1) is 9.76. The maximum Gasteiger partial charge on any atom is 0.253 e. The van der Waals surface area contributed by atoms with Crippen molar-refractivity contribution in [1.82, 2.24) is 9.78 Å². The molecule has 0 saturated heterocycles. The van der Waals surface area contributed by atoms with Crippen LogP contribution >= 0.6 is 0 Å². The number of aromatic nitrogens is 2. The van der Waals surface area contributed by atoms with Crippen LogP contribution in [0.5, 0.6) is 5.88 Å². The van der Waals surface area contributed by atoms with Gasteiger partial charge in [-0.3, -0.25) is 0 Å². The summed E-state index contributed by atoms with van der Waals surface area (Å²) in [4.78, 5) is 0. The average molecular weight is 272 g/mol. The Morgan fingerprint density at radius 3 is 2.75 bits per heavy atom. The predicted molar refractivity (Wildman–Crippen MR) is 74.0 cm³/mol. The molecule has 0 fully saturated rings. The summed E-state index contributed by atoms with van der Waals surface area (Å²) in [5.41, 5.74) is 7.13. The van der Waals surface area contributed by atoms with Crippen molar-refractivity contribution in [3.63, 3.8) is 0 Å². The van der Waals surface area contributed by atoms with Gasteiger partial charge in [-0.25, -0.2) is 4.68 Å². The predicted octanol–water partition coefficient (Wildman–Crippen LogP) is 1.56. The summed E-state index contributed by atoms with van der Waals surface area (Å²) in [6.45, 7) is 1.29. The fraction of sp³-hybridized carbons (Fsp3) is 0.286. The maximum absolute atomic E-state index is 9.14. The standard InChI is InChI=1S/C14H16N4O2/c1-19-8-7-18-13(16)12(9-15)14(17-18)20-10-11-5-3-2-4-6-11/h2-6H,7-8,10,16H2,1H3. The molecular formula is C14H16N4O2. The molecule has 0 aliphatic heterocycles. The normalized spacial score (nSPS) is 10.2. The fourth-order valence-electron chi connectivity index (χ4n) is 1.73. The summed E-state index contributed by atoms with van der Waals surface area (Å²) >= 11 is 0. The van der Waals surface area contributed by atoms with Crippen molar-refractivity contribution >= 4 is 5.82 Å². The molecule has 2 rings (SSSR count). The zero-order valence-corrected chi connectivity index (χ0v) is 11.2. The second-order valence-corrected chi connectivity index (χ2v) is 4.17. The van der Waals surface area contributed by atoms with Gasteiger partial charge in [0.15, 0.2) is 5.56 Å². The minimum Gasteiger partial charge on any atom is -0.471 e. The third-order valence-electron chi connectivity index (χ3n) is 2.80. The van der Waals surface area contributed by atoms with E-state index in [2.05, 4.69) is 5.10 Å². The minimum atomic E-state index is 0.255. The second-order valence-electron chi connectivity index (χ2n) is 4.17. The first kappa shape index (κ1) is 13.9. The molecule has 2 N–H and O–H groups in total. The molecule has 1 aromatic carbocycles. The highest BCUT2D eigenvalue weighted by molar-refractivity contribution is 5.55. The number of ether oxygens (including phenoxy) is 2. The fourth-order valence-corrected chi connectivity index (χ4v) is 1.73. The lowest BCUT2D eigenvalue weighted by Gasteiger charge is -2.03. The van der Waals surface area contributed by atoms with Crippen LogP contribution in [0.25, 0.3) is 0 Å². The number of anilines is 1. The Balaban J connectivity index is 2.13. The molecule has 104 valence electrons. The van der Waals surface area contributed by atoms with Gasteiger partial charge in [0, 0.05) is 7.11 Å². The molecule has 20 heavy (non-hydrogen) atoms. The molecular weight excluding hydrogens is 256 g/mol. The van der Waals surface area contributed by atoms with Gasteiger partial charge in [-0.1, -0.05) is 30.3 Å². The van der Waals surface area contributed by atoms with E-state index >= 15 is 0 Å². The minimum absolute atomic E-state index is 0.255. The van der Waals surface area contributed by atoms with Gasteiger partial charge >= 0.3 is 0 Å². The number of rotatable bonds is 6. The summed E-state index contributed by atoms with van der Waals surface area (Å²) < 4.78 is 12.1. The lowest BCUT2D eigenvalue weighted by Crippen LogP contribution is -2.09. The van der Waals surface area contributed by atoms with Crippen molar-refractivity contribution in [2.24, 2.45) is 0 Å². The third-order valence-corrected chi connectivity index (χ3v) is 2.80. The number of hydrogen-bond donors (Lipinski definition) is 1. The van der Waals surface area contributed by atoms with Gasteiger partial charge in [0.25, 0.3) is 5.88 Å². The molecule has 0 spiro atoms. The molecule has 0 atom stereocenters. The van der Waals surface area contributed by atoms with E-state index in [4.69, 9.17) is 20.5 Å². The number of nitrogen functional groups attached to an aromatic ring is 1. The van der Waals surface area contributed by atoms with Crippen LogP contribution < -0.4 is 10.5 Å². The van der Waals surface area contributed by atoms with Gasteiger partial charge in [-0.2, -0.15) is 5.26 Å². The Hall–Kier alpha value is -2.52. The quantitative estimate of drug-likeness (QED) is 0.862. The highest BCUT2D eigenvalue weighted by atomic mass is 16.5. The molecule has 0 saturated carbocycles. The number of methoxy groups -OCH3 is 1. The lowest BCUT2D eigenvalue weighted by molar-refractivity contribution is 0.183. The maximum atomic E-state index is 9.14. The molecule has 6 nitrogen and oxygen atoms in total. The van der Waals surface area contributed by atoms with Crippen molar-refractivity contribution in [3.8, 4) is 11.9 Å². The Kier molecular flexibility index (Phi) is 4.58. The van der Waals surface area contributed by atoms with E-state index in [1.54, 1.807) is 7.11 Å². The Labute approximate surface area is 117 Å². The largest absolute Gasteiger partial charge is 0.471 e. The van der Waals surface area contributed by atoms with Crippen LogP contribution in [-0.4, -0.2) is 23.5 Å². The van der Waals surface area contributed by atoms with Crippen LogP contribution in [0.3, 0.4) is 0 Å². The lowest BCUT2D eigenvalue weighted by atomic mass is 10.2. The van der Waals surface area contributed by atoms with Gasteiger partial charge in [-0.05, 0) is 5.56 Å². The summed E-state index contributed by atoms with van der Waals surface area (Å²) in [6.07, 6.45) is 0. The summed E-state index contributed by atoms with van der Waals surface area (Å²) in [5.74, 6) is 0.553. The van der Waals surface area contributed by atoms with E-state index in [-0.39, 0.29) is 11.4 Å². The third kappa shape index (κ3) is 3.08. The monoisotopic (exact) mass is 272 g/mol. The molecule has 0 aliphatic carbocycles. The van der Waals surface area contributed by atoms with Crippen molar-refractivity contribution in [3.05, 3.63) is 41.5 Å². The SMILES string of the molecule is COCCn1nc(OCc2ccccc2)c(C#N)c1N. The van der Waals surface area contributed by atoms with Crippen LogP contribution in [0, 0.1) is 11.3 Å². The van der Waals surface area contributed by atoms with Crippen molar-refractivity contribution in [2.45, 2.75) is 13.2 Å². The van der Waals surface area contributed by atoms with E-state index in [0.717, 1.165) is 5.56 Å². The Morgan fingerprint density at radius 1 is 1.35 bits per heavy atom. The number of nitriles is 1. The Morgan fingerprint density at radius 2 is 2.10 bits per heavy atom. The van der Waals surface area contributed by atoms with Gasteiger partial charge in [0.05, 0.1) is 13.2 Å². The molecule has 0 unspecified atom stereocenters. The number of hydrogen-bond acceptors (Lipinski definition) is 5. The van der Waals surface area contributed by atoms with Gasteiger partial charge < -0.3 is 15.2 Å².